The molecule has 20 heavy (non-hydrogen) atoms. The second kappa shape index (κ2) is 6.47. The minimum atomic E-state index is 0.320. The quantitative estimate of drug-likeness (QED) is 0.737. The van der Waals surface area contributed by atoms with E-state index in [0.29, 0.717) is 11.5 Å². The predicted molar refractivity (Wildman–Crippen MR) is 88.4 cm³/mol. The van der Waals surface area contributed by atoms with Crippen molar-refractivity contribution in [2.45, 2.75) is 45.1 Å². The van der Waals surface area contributed by atoms with Gasteiger partial charge in [0.15, 0.2) is 0 Å². The van der Waals surface area contributed by atoms with Crippen LogP contribution in [0.4, 0.5) is 0 Å². The molecule has 1 aliphatic heterocycles. The Balaban J connectivity index is 1.74. The molecule has 1 saturated carbocycles. The summed E-state index contributed by atoms with van der Waals surface area (Å²) >= 11 is 5.47. The van der Waals surface area contributed by atoms with Gasteiger partial charge in [-0.1, -0.05) is 6.92 Å². The summed E-state index contributed by atoms with van der Waals surface area (Å²) in [4.78, 5) is 1.49. The number of halogens is 1. The van der Waals surface area contributed by atoms with Gasteiger partial charge in [-0.2, -0.15) is 0 Å². The van der Waals surface area contributed by atoms with E-state index in [1.807, 2.05) is 11.3 Å². The van der Waals surface area contributed by atoms with Crippen molar-refractivity contribution in [1.82, 2.24) is 5.32 Å². The summed E-state index contributed by atoms with van der Waals surface area (Å²) < 4.78 is 7.40. The Kier molecular flexibility index (Phi) is 4.86. The van der Waals surface area contributed by atoms with Crippen LogP contribution in [0.3, 0.4) is 0 Å². The Labute approximate surface area is 134 Å². The van der Waals surface area contributed by atoms with Gasteiger partial charge in [-0.05, 0) is 72.6 Å². The highest BCUT2D eigenvalue weighted by molar-refractivity contribution is 9.11. The Morgan fingerprint density at radius 2 is 2.30 bits per heavy atom. The first-order valence-electron chi connectivity index (χ1n) is 7.80. The lowest BCUT2D eigenvalue weighted by Crippen LogP contribution is -2.43. The fourth-order valence-electron chi connectivity index (χ4n) is 3.49. The summed E-state index contributed by atoms with van der Waals surface area (Å²) in [6, 6.07) is 4.45. The van der Waals surface area contributed by atoms with Crippen molar-refractivity contribution in [2.75, 3.05) is 19.7 Å². The zero-order chi connectivity index (χ0) is 14.0. The molecule has 1 aromatic heterocycles. The number of nitrogens with one attached hydrogen (secondary N) is 1. The maximum atomic E-state index is 6.16. The summed E-state index contributed by atoms with van der Waals surface area (Å²) in [6.07, 6.45) is 6.80. The maximum Gasteiger partial charge on any atom is 0.0701 e. The molecule has 2 nitrogen and oxygen atoms in total. The number of hydrogen-bond donors (Lipinski definition) is 1. The molecule has 2 heterocycles. The van der Waals surface area contributed by atoms with Crippen molar-refractivity contribution in [1.29, 1.82) is 0 Å². The zero-order valence-electron chi connectivity index (χ0n) is 12.2. The highest BCUT2D eigenvalue weighted by Crippen LogP contribution is 2.49. The van der Waals surface area contributed by atoms with Crippen molar-refractivity contribution < 1.29 is 4.74 Å². The van der Waals surface area contributed by atoms with Crippen LogP contribution in [-0.4, -0.2) is 25.8 Å². The van der Waals surface area contributed by atoms with Crippen molar-refractivity contribution >= 4 is 27.3 Å². The van der Waals surface area contributed by atoms with Gasteiger partial charge < -0.3 is 10.1 Å². The van der Waals surface area contributed by atoms with Crippen LogP contribution in [0.1, 0.15) is 37.5 Å². The molecule has 3 rings (SSSR count). The lowest BCUT2D eigenvalue weighted by molar-refractivity contribution is 0.0310. The molecular formula is C16H24BrNOS. The van der Waals surface area contributed by atoms with Gasteiger partial charge >= 0.3 is 0 Å². The van der Waals surface area contributed by atoms with Crippen molar-refractivity contribution in [3.05, 3.63) is 20.8 Å². The van der Waals surface area contributed by atoms with Gasteiger partial charge in [-0.3, -0.25) is 0 Å². The molecule has 2 aliphatic rings. The van der Waals surface area contributed by atoms with Crippen molar-refractivity contribution in [3.63, 3.8) is 0 Å². The third kappa shape index (κ3) is 3.29. The van der Waals surface area contributed by atoms with E-state index in [-0.39, 0.29) is 0 Å². The molecule has 1 saturated heterocycles. The van der Waals surface area contributed by atoms with E-state index < -0.39 is 0 Å². The minimum Gasteiger partial charge on any atom is -0.377 e. The van der Waals surface area contributed by atoms with E-state index in [9.17, 15) is 0 Å². The third-order valence-electron chi connectivity index (χ3n) is 4.61. The van der Waals surface area contributed by atoms with Gasteiger partial charge in [0, 0.05) is 23.4 Å². The fraction of sp³-hybridized carbons (Fsp3) is 0.750. The van der Waals surface area contributed by atoms with Gasteiger partial charge in [0.1, 0.15) is 0 Å². The Hall–Kier alpha value is 0.1000. The molecule has 4 heteroatoms. The summed E-state index contributed by atoms with van der Waals surface area (Å²) in [6.45, 7) is 5.41. The second-order valence-electron chi connectivity index (χ2n) is 6.30. The van der Waals surface area contributed by atoms with Crippen LogP contribution < -0.4 is 5.32 Å². The molecule has 112 valence electrons. The summed E-state index contributed by atoms with van der Waals surface area (Å²) in [7, 11) is 0. The third-order valence-corrected chi connectivity index (χ3v) is 6.23. The van der Waals surface area contributed by atoms with Gasteiger partial charge in [0.2, 0.25) is 0 Å². The van der Waals surface area contributed by atoms with Gasteiger partial charge in [-0.15, -0.1) is 11.3 Å². The molecule has 1 aliphatic carbocycles. The van der Waals surface area contributed by atoms with E-state index in [2.05, 4.69) is 40.3 Å². The first-order chi connectivity index (χ1) is 9.73. The molecule has 2 atom stereocenters. The number of thiophene rings is 1. The molecule has 0 aromatic carbocycles. The fourth-order valence-corrected chi connectivity index (χ4v) is 5.13. The van der Waals surface area contributed by atoms with Crippen LogP contribution >= 0.6 is 27.3 Å². The summed E-state index contributed by atoms with van der Waals surface area (Å²) in [5, 5.41) is 3.67. The molecule has 1 N–H and O–H groups in total. The minimum absolute atomic E-state index is 0.320. The van der Waals surface area contributed by atoms with Crippen LogP contribution in [0.15, 0.2) is 15.9 Å². The van der Waals surface area contributed by atoms with Gasteiger partial charge in [-0.25, -0.2) is 0 Å². The SMILES string of the molecule is CCCNCC1(Cc2ccc(Br)s2)CCOC1C1CC1. The molecule has 0 radical (unpaired) electrons. The largest absolute Gasteiger partial charge is 0.377 e. The topological polar surface area (TPSA) is 21.3 Å². The molecule has 0 spiro atoms. The van der Waals surface area contributed by atoms with E-state index in [1.165, 1.54) is 40.8 Å². The average Bonchev–Trinajstić information content (AvgIpc) is 3.07. The van der Waals surface area contributed by atoms with Crippen molar-refractivity contribution in [3.8, 4) is 0 Å². The summed E-state index contributed by atoms with van der Waals surface area (Å²) in [5.41, 5.74) is 0.320. The zero-order valence-corrected chi connectivity index (χ0v) is 14.6. The first kappa shape index (κ1) is 15.0. The lowest BCUT2D eigenvalue weighted by atomic mass is 9.75. The predicted octanol–water partition coefficient (Wildman–Crippen LogP) is 4.24. The number of rotatable bonds is 7. The standard InChI is InChI=1S/C16H24BrNOS/c1-2-8-18-11-16(10-13-5-6-14(17)20-13)7-9-19-15(16)12-3-4-12/h5-6,12,15,18H,2-4,7-11H2,1H3. The summed E-state index contributed by atoms with van der Waals surface area (Å²) in [5.74, 6) is 0.823. The molecule has 0 bridgehead atoms. The van der Waals surface area contributed by atoms with E-state index >= 15 is 0 Å². The maximum absolute atomic E-state index is 6.16. The Morgan fingerprint density at radius 1 is 1.45 bits per heavy atom. The molecule has 2 fully saturated rings. The normalized spacial score (nSPS) is 30.0. The average molecular weight is 358 g/mol. The molecule has 2 unspecified atom stereocenters. The van der Waals surface area contributed by atoms with Crippen LogP contribution in [0.25, 0.3) is 0 Å². The van der Waals surface area contributed by atoms with Gasteiger partial charge in [0.25, 0.3) is 0 Å². The van der Waals surface area contributed by atoms with Crippen LogP contribution in [0, 0.1) is 11.3 Å². The smallest absolute Gasteiger partial charge is 0.0701 e. The van der Waals surface area contributed by atoms with Crippen LogP contribution in [0.5, 0.6) is 0 Å². The number of hydrogen-bond acceptors (Lipinski definition) is 3. The molecule has 1 aromatic rings. The Bertz CT molecular complexity index is 445. The van der Waals surface area contributed by atoms with Crippen LogP contribution in [0.2, 0.25) is 0 Å². The molecular weight excluding hydrogens is 334 g/mol. The lowest BCUT2D eigenvalue weighted by Gasteiger charge is -2.34. The Morgan fingerprint density at radius 3 is 2.95 bits per heavy atom. The van der Waals surface area contributed by atoms with E-state index in [4.69, 9.17) is 4.74 Å². The monoisotopic (exact) mass is 357 g/mol. The van der Waals surface area contributed by atoms with Crippen molar-refractivity contribution in [2.24, 2.45) is 11.3 Å². The number of ether oxygens (including phenoxy) is 1. The van der Waals surface area contributed by atoms with Gasteiger partial charge in [0.05, 0.1) is 9.89 Å². The van der Waals surface area contributed by atoms with Crippen LogP contribution in [-0.2, 0) is 11.2 Å². The van der Waals surface area contributed by atoms with E-state index in [1.54, 1.807) is 0 Å². The highest BCUT2D eigenvalue weighted by atomic mass is 79.9. The first-order valence-corrected chi connectivity index (χ1v) is 9.41. The molecule has 0 amide bonds. The van der Waals surface area contributed by atoms with E-state index in [0.717, 1.165) is 25.6 Å². The second-order valence-corrected chi connectivity index (χ2v) is 8.85. The highest BCUT2D eigenvalue weighted by Gasteiger charge is 2.50.